The van der Waals surface area contributed by atoms with Crippen LogP contribution >= 0.6 is 11.3 Å². The van der Waals surface area contributed by atoms with Crippen LogP contribution in [0.1, 0.15) is 43.6 Å². The number of thiophene rings is 1. The molecule has 1 aliphatic rings. The molecule has 0 bridgehead atoms. The Bertz CT molecular complexity index is 1330. The number of likely N-dealkylation sites (tertiary alicyclic amines) is 1. The number of benzene rings is 1. The third-order valence-corrected chi connectivity index (χ3v) is 7.13. The predicted molar refractivity (Wildman–Crippen MR) is 125 cm³/mol. The summed E-state index contributed by atoms with van der Waals surface area (Å²) in [4.78, 5) is 37.0. The molecule has 5 rings (SSSR count). The molecule has 0 aliphatic carbocycles. The zero-order valence-electron chi connectivity index (χ0n) is 17.7. The first-order valence-electron chi connectivity index (χ1n) is 10.7. The predicted octanol–water partition coefficient (Wildman–Crippen LogP) is 3.44. The summed E-state index contributed by atoms with van der Waals surface area (Å²) >= 11 is 1.37. The monoisotopic (exact) mass is 448 g/mol. The summed E-state index contributed by atoms with van der Waals surface area (Å²) in [5, 5.41) is 13.8. The highest BCUT2D eigenvalue weighted by molar-refractivity contribution is 7.20. The van der Waals surface area contributed by atoms with Gasteiger partial charge in [0.2, 0.25) is 0 Å². The number of amides is 2. The number of rotatable bonds is 5. The van der Waals surface area contributed by atoms with Gasteiger partial charge in [-0.1, -0.05) is 18.2 Å². The van der Waals surface area contributed by atoms with Crippen LogP contribution in [0.4, 0.5) is 0 Å². The second-order valence-corrected chi connectivity index (χ2v) is 9.19. The van der Waals surface area contributed by atoms with Crippen LogP contribution in [0.2, 0.25) is 0 Å². The van der Waals surface area contributed by atoms with Gasteiger partial charge in [-0.2, -0.15) is 0 Å². The Morgan fingerprint density at radius 3 is 3.03 bits per heavy atom. The molecule has 7 nitrogen and oxygen atoms in total. The van der Waals surface area contributed by atoms with Crippen molar-refractivity contribution in [1.29, 1.82) is 0 Å². The Morgan fingerprint density at radius 2 is 2.19 bits per heavy atom. The number of carbonyl (C=O) groups is 2. The van der Waals surface area contributed by atoms with Gasteiger partial charge in [-0.15, -0.1) is 11.3 Å². The molecule has 164 valence electrons. The summed E-state index contributed by atoms with van der Waals surface area (Å²) in [6.07, 6.45) is 2.51. The largest absolute Gasteiger partial charge is 0.395 e. The Hall–Kier alpha value is -3.23. The van der Waals surface area contributed by atoms with E-state index in [0.29, 0.717) is 23.7 Å². The van der Waals surface area contributed by atoms with E-state index in [1.165, 1.54) is 11.3 Å². The van der Waals surface area contributed by atoms with E-state index in [0.717, 1.165) is 38.7 Å². The highest BCUT2D eigenvalue weighted by Crippen LogP contribution is 2.39. The van der Waals surface area contributed by atoms with E-state index in [1.807, 2.05) is 48.2 Å². The average molecular weight is 449 g/mol. The molecule has 0 spiro atoms. The molecule has 1 aliphatic heterocycles. The highest BCUT2D eigenvalue weighted by atomic mass is 32.1. The molecule has 3 N–H and O–H groups in total. The van der Waals surface area contributed by atoms with Crippen molar-refractivity contribution in [1.82, 2.24) is 20.2 Å². The maximum absolute atomic E-state index is 13.2. The summed E-state index contributed by atoms with van der Waals surface area (Å²) in [7, 11) is 0. The van der Waals surface area contributed by atoms with Crippen molar-refractivity contribution in [3.8, 4) is 0 Å². The van der Waals surface area contributed by atoms with Crippen LogP contribution in [-0.2, 0) is 0 Å². The van der Waals surface area contributed by atoms with Crippen molar-refractivity contribution in [3.05, 3.63) is 64.3 Å². The van der Waals surface area contributed by atoms with Crippen molar-refractivity contribution in [2.24, 2.45) is 0 Å². The van der Waals surface area contributed by atoms with Crippen LogP contribution in [0.15, 0.2) is 42.6 Å². The number of hydrogen-bond acceptors (Lipinski definition) is 5. The Labute approximate surface area is 189 Å². The quantitative estimate of drug-likeness (QED) is 0.436. The number of pyridine rings is 1. The molecule has 1 fully saturated rings. The molecule has 1 aromatic carbocycles. The summed E-state index contributed by atoms with van der Waals surface area (Å²) in [6, 6.07) is 11.9. The SMILES string of the molecule is Cc1ccc2cc(C(=O)N3CC[C@H](c4c(C(=O)NCCO)sc5ncccc45)C3)[nH]c2c1. The first-order valence-corrected chi connectivity index (χ1v) is 11.5. The number of nitrogens with zero attached hydrogens (tertiary/aromatic N) is 2. The number of aromatic nitrogens is 2. The van der Waals surface area contributed by atoms with Gasteiger partial charge in [0.15, 0.2) is 0 Å². The van der Waals surface area contributed by atoms with Crippen molar-refractivity contribution in [3.63, 3.8) is 0 Å². The molecular weight excluding hydrogens is 424 g/mol. The molecular formula is C24H24N4O3S. The van der Waals surface area contributed by atoms with Crippen LogP contribution in [0, 0.1) is 6.92 Å². The van der Waals surface area contributed by atoms with Crippen molar-refractivity contribution < 1.29 is 14.7 Å². The lowest BCUT2D eigenvalue weighted by Gasteiger charge is -2.16. The topological polar surface area (TPSA) is 98.3 Å². The average Bonchev–Trinajstić information content (AvgIpc) is 3.52. The van der Waals surface area contributed by atoms with E-state index >= 15 is 0 Å². The van der Waals surface area contributed by atoms with Gasteiger partial charge in [-0.05, 0) is 42.7 Å². The lowest BCUT2D eigenvalue weighted by atomic mass is 9.95. The van der Waals surface area contributed by atoms with E-state index in [1.54, 1.807) is 6.20 Å². The molecule has 3 aromatic heterocycles. The van der Waals surface area contributed by atoms with Gasteiger partial charge in [0, 0.05) is 48.0 Å². The third kappa shape index (κ3) is 3.65. The Balaban J connectivity index is 1.43. The fourth-order valence-electron chi connectivity index (χ4n) is 4.48. The number of aryl methyl sites for hydroxylation is 1. The molecule has 1 saturated heterocycles. The lowest BCUT2D eigenvalue weighted by molar-refractivity contribution is 0.0786. The second kappa shape index (κ2) is 8.37. The highest BCUT2D eigenvalue weighted by Gasteiger charge is 2.33. The minimum absolute atomic E-state index is 0.0229. The summed E-state index contributed by atoms with van der Waals surface area (Å²) < 4.78 is 0. The van der Waals surface area contributed by atoms with Gasteiger partial charge < -0.3 is 20.3 Å². The molecule has 0 saturated carbocycles. The third-order valence-electron chi connectivity index (χ3n) is 6.00. The summed E-state index contributed by atoms with van der Waals surface area (Å²) in [6.45, 7) is 3.30. The molecule has 2 amide bonds. The summed E-state index contributed by atoms with van der Waals surface area (Å²) in [5.74, 6) is -0.170. The van der Waals surface area contributed by atoms with E-state index in [2.05, 4.69) is 15.3 Å². The summed E-state index contributed by atoms with van der Waals surface area (Å²) in [5.41, 5.74) is 3.64. The Morgan fingerprint density at radius 1 is 1.31 bits per heavy atom. The molecule has 4 heterocycles. The Kier molecular flexibility index (Phi) is 5.40. The second-order valence-electron chi connectivity index (χ2n) is 8.19. The first-order chi connectivity index (χ1) is 15.5. The number of aliphatic hydroxyl groups is 1. The smallest absolute Gasteiger partial charge is 0.270 e. The number of fused-ring (bicyclic) bond motifs is 2. The molecule has 0 unspecified atom stereocenters. The number of hydrogen-bond donors (Lipinski definition) is 3. The van der Waals surface area contributed by atoms with Gasteiger partial charge in [0.25, 0.3) is 11.8 Å². The zero-order valence-corrected chi connectivity index (χ0v) is 18.5. The number of nitrogens with one attached hydrogen (secondary N) is 2. The lowest BCUT2D eigenvalue weighted by Crippen LogP contribution is -2.29. The van der Waals surface area contributed by atoms with Gasteiger partial charge in [0.1, 0.15) is 10.5 Å². The van der Waals surface area contributed by atoms with E-state index in [-0.39, 0.29) is 30.9 Å². The van der Waals surface area contributed by atoms with Crippen molar-refractivity contribution in [2.45, 2.75) is 19.3 Å². The van der Waals surface area contributed by atoms with Crippen LogP contribution < -0.4 is 5.32 Å². The fraction of sp³-hybridized carbons (Fsp3) is 0.292. The maximum Gasteiger partial charge on any atom is 0.270 e. The van der Waals surface area contributed by atoms with E-state index in [9.17, 15) is 9.59 Å². The minimum atomic E-state index is -0.201. The minimum Gasteiger partial charge on any atom is -0.395 e. The number of aliphatic hydroxyl groups excluding tert-OH is 1. The van der Waals surface area contributed by atoms with E-state index < -0.39 is 0 Å². The number of H-pyrrole nitrogens is 1. The van der Waals surface area contributed by atoms with Crippen molar-refractivity contribution >= 4 is 44.3 Å². The van der Waals surface area contributed by atoms with Crippen LogP contribution in [-0.4, -0.2) is 58.0 Å². The van der Waals surface area contributed by atoms with Gasteiger partial charge in [-0.3, -0.25) is 9.59 Å². The van der Waals surface area contributed by atoms with Crippen LogP contribution in [0.5, 0.6) is 0 Å². The standard InChI is InChI=1S/C24H24N4O3S/c1-14-4-5-15-12-19(27-18(15)11-14)24(31)28-9-6-16(13-28)20-17-3-2-7-26-23(17)32-21(20)22(30)25-8-10-29/h2-5,7,11-12,16,27,29H,6,8-10,13H2,1H3,(H,25,30)/t16-/m0/s1. The van der Waals surface area contributed by atoms with Gasteiger partial charge >= 0.3 is 0 Å². The van der Waals surface area contributed by atoms with Crippen LogP contribution in [0.25, 0.3) is 21.1 Å². The molecule has 4 aromatic rings. The van der Waals surface area contributed by atoms with Crippen LogP contribution in [0.3, 0.4) is 0 Å². The van der Waals surface area contributed by atoms with Gasteiger partial charge in [0.05, 0.1) is 11.5 Å². The molecule has 8 heteroatoms. The van der Waals surface area contributed by atoms with Gasteiger partial charge in [-0.25, -0.2) is 4.98 Å². The zero-order chi connectivity index (χ0) is 22.2. The molecule has 1 atom stereocenters. The number of carbonyl (C=O) groups excluding carboxylic acids is 2. The fourth-order valence-corrected chi connectivity index (χ4v) is 5.63. The maximum atomic E-state index is 13.2. The first kappa shape index (κ1) is 20.7. The molecule has 32 heavy (non-hydrogen) atoms. The van der Waals surface area contributed by atoms with E-state index in [4.69, 9.17) is 5.11 Å². The number of aromatic amines is 1. The van der Waals surface area contributed by atoms with Crippen molar-refractivity contribution in [2.75, 3.05) is 26.2 Å². The molecule has 0 radical (unpaired) electrons. The normalized spacial score (nSPS) is 16.2.